The van der Waals surface area contributed by atoms with Crippen molar-refractivity contribution in [3.63, 3.8) is 0 Å². The van der Waals surface area contributed by atoms with Gasteiger partial charge in [0.25, 0.3) is 5.56 Å². The maximum Gasteiger partial charge on any atom is 0.338 e. The van der Waals surface area contributed by atoms with Gasteiger partial charge < -0.3 is 9.15 Å². The van der Waals surface area contributed by atoms with Gasteiger partial charge in [0.15, 0.2) is 0 Å². The van der Waals surface area contributed by atoms with E-state index in [0.717, 1.165) is 30.2 Å². The molecule has 0 aliphatic heterocycles. The van der Waals surface area contributed by atoms with Crippen LogP contribution in [0.2, 0.25) is 0 Å². The second-order valence-electron chi connectivity index (χ2n) is 8.57. The van der Waals surface area contributed by atoms with Crippen LogP contribution in [0.15, 0.2) is 73.4 Å². The second-order valence-corrected chi connectivity index (χ2v) is 9.48. The summed E-state index contributed by atoms with van der Waals surface area (Å²) in [7, 11) is 1.34. The number of nitrogens with zero attached hydrogens (tertiary/aromatic N) is 3. The second kappa shape index (κ2) is 10.00. The molecule has 4 aromatic rings. The first-order valence-corrected chi connectivity index (χ1v) is 12.4. The lowest BCUT2D eigenvalue weighted by molar-refractivity contribution is 0.0601. The van der Waals surface area contributed by atoms with E-state index in [4.69, 9.17) is 14.1 Å². The van der Waals surface area contributed by atoms with Crippen LogP contribution in [0, 0.1) is 0 Å². The van der Waals surface area contributed by atoms with E-state index in [-0.39, 0.29) is 11.5 Å². The number of hydrogen-bond donors (Lipinski definition) is 0. The molecular weight excluding hydrogens is 510 g/mol. The number of fused-ring (bicyclic) bond motifs is 1. The lowest BCUT2D eigenvalue weighted by Crippen LogP contribution is -2.25. The highest BCUT2D eigenvalue weighted by molar-refractivity contribution is 9.10. The van der Waals surface area contributed by atoms with Gasteiger partial charge in [-0.3, -0.25) is 4.79 Å². The molecule has 178 valence electrons. The van der Waals surface area contributed by atoms with E-state index < -0.39 is 5.97 Å². The minimum Gasteiger partial charge on any atom is -0.465 e. The molecule has 8 heteroatoms. The highest BCUT2D eigenvalue weighted by Gasteiger charge is 2.22. The zero-order chi connectivity index (χ0) is 24.4. The fraction of sp³-hybridized carbons (Fsp3) is 0.259. The highest BCUT2D eigenvalue weighted by Crippen LogP contribution is 2.32. The van der Waals surface area contributed by atoms with Gasteiger partial charge in [0.05, 0.1) is 29.8 Å². The SMILES string of the molecule is COC(=O)c1ccccc1-c1ccc(C=Nn2c(C3CCCCC3)nc3ccc(Br)cc3c2=O)o1. The zero-order valence-electron chi connectivity index (χ0n) is 19.2. The lowest BCUT2D eigenvalue weighted by atomic mass is 9.88. The smallest absolute Gasteiger partial charge is 0.338 e. The number of benzene rings is 2. The van der Waals surface area contributed by atoms with Gasteiger partial charge in [-0.05, 0) is 49.2 Å². The fourth-order valence-electron chi connectivity index (χ4n) is 4.57. The third-order valence-electron chi connectivity index (χ3n) is 6.33. The van der Waals surface area contributed by atoms with E-state index in [2.05, 4.69) is 21.0 Å². The number of methoxy groups -OCH3 is 1. The molecule has 0 bridgehead atoms. The van der Waals surface area contributed by atoms with Gasteiger partial charge in [-0.15, -0.1) is 0 Å². The number of ether oxygens (including phenoxy) is 1. The van der Waals surface area contributed by atoms with Crippen molar-refractivity contribution in [3.8, 4) is 11.3 Å². The summed E-state index contributed by atoms with van der Waals surface area (Å²) in [5.74, 6) is 1.39. The molecule has 0 amide bonds. The number of aromatic nitrogens is 2. The van der Waals surface area contributed by atoms with Crippen LogP contribution in [0.5, 0.6) is 0 Å². The summed E-state index contributed by atoms with van der Waals surface area (Å²) in [6.45, 7) is 0. The largest absolute Gasteiger partial charge is 0.465 e. The quantitative estimate of drug-likeness (QED) is 0.227. The molecule has 1 aliphatic carbocycles. The number of hydrogen-bond acceptors (Lipinski definition) is 6. The Morgan fingerprint density at radius 1 is 1.14 bits per heavy atom. The summed E-state index contributed by atoms with van der Waals surface area (Å²) < 4.78 is 13.1. The number of esters is 1. The van der Waals surface area contributed by atoms with Crippen molar-refractivity contribution in [1.29, 1.82) is 0 Å². The third kappa shape index (κ3) is 4.71. The van der Waals surface area contributed by atoms with Crippen molar-refractivity contribution in [2.75, 3.05) is 7.11 Å². The number of rotatable bonds is 5. The molecule has 1 fully saturated rings. The van der Waals surface area contributed by atoms with Crippen LogP contribution in [0.1, 0.15) is 60.0 Å². The molecule has 1 saturated carbocycles. The molecule has 0 N–H and O–H groups in total. The fourth-order valence-corrected chi connectivity index (χ4v) is 4.93. The molecule has 2 aromatic heterocycles. The van der Waals surface area contributed by atoms with Gasteiger partial charge in [-0.25, -0.2) is 9.78 Å². The minimum absolute atomic E-state index is 0.181. The lowest BCUT2D eigenvalue weighted by Gasteiger charge is -2.22. The van der Waals surface area contributed by atoms with Crippen LogP contribution in [-0.2, 0) is 4.74 Å². The standard InChI is InChI=1S/C27H24BrN3O4/c1-34-27(33)21-10-6-5-9-20(21)24-14-12-19(35-24)16-29-31-25(17-7-3-2-4-8-17)30-23-13-11-18(28)15-22(23)26(31)32/h5-6,9-17H,2-4,7-8H2,1H3. The van der Waals surface area contributed by atoms with Crippen molar-refractivity contribution in [1.82, 2.24) is 9.66 Å². The van der Waals surface area contributed by atoms with Gasteiger partial charge in [0.2, 0.25) is 0 Å². The van der Waals surface area contributed by atoms with Crippen LogP contribution >= 0.6 is 15.9 Å². The van der Waals surface area contributed by atoms with Crippen LogP contribution in [0.3, 0.4) is 0 Å². The van der Waals surface area contributed by atoms with Crippen molar-refractivity contribution in [2.45, 2.75) is 38.0 Å². The van der Waals surface area contributed by atoms with Crippen LogP contribution in [-0.4, -0.2) is 29.0 Å². The molecule has 0 spiro atoms. The Balaban J connectivity index is 1.55. The molecule has 0 saturated heterocycles. The summed E-state index contributed by atoms with van der Waals surface area (Å²) in [4.78, 5) is 30.4. The molecule has 35 heavy (non-hydrogen) atoms. The third-order valence-corrected chi connectivity index (χ3v) is 6.82. The Morgan fingerprint density at radius 3 is 2.74 bits per heavy atom. The van der Waals surface area contributed by atoms with Gasteiger partial charge >= 0.3 is 5.97 Å². The summed E-state index contributed by atoms with van der Waals surface area (Å²) in [5.41, 5.74) is 1.49. The monoisotopic (exact) mass is 533 g/mol. The molecule has 1 aliphatic rings. The normalized spacial score (nSPS) is 14.6. The summed E-state index contributed by atoms with van der Waals surface area (Å²) >= 11 is 3.45. The summed E-state index contributed by atoms with van der Waals surface area (Å²) in [6, 6.07) is 16.1. The van der Waals surface area contributed by atoms with Gasteiger partial charge in [-0.2, -0.15) is 9.78 Å². The maximum atomic E-state index is 13.5. The Morgan fingerprint density at radius 2 is 1.94 bits per heavy atom. The molecule has 2 heterocycles. The topological polar surface area (TPSA) is 86.7 Å². The molecule has 0 unspecified atom stereocenters. The molecule has 5 rings (SSSR count). The predicted octanol–water partition coefficient (Wildman–Crippen LogP) is 6.14. The Kier molecular flexibility index (Phi) is 6.63. The maximum absolute atomic E-state index is 13.5. The predicted molar refractivity (Wildman–Crippen MR) is 138 cm³/mol. The Hall–Kier alpha value is -3.52. The van der Waals surface area contributed by atoms with E-state index in [1.165, 1.54) is 24.4 Å². The molecule has 2 aromatic carbocycles. The summed E-state index contributed by atoms with van der Waals surface area (Å²) in [5, 5.41) is 5.03. The molecule has 7 nitrogen and oxygen atoms in total. The van der Waals surface area contributed by atoms with Gasteiger partial charge in [-0.1, -0.05) is 53.4 Å². The number of carbonyl (C=O) groups is 1. The number of halogens is 1. The van der Waals surface area contributed by atoms with E-state index in [1.807, 2.05) is 18.2 Å². The van der Waals surface area contributed by atoms with Crippen molar-refractivity contribution in [3.05, 3.63) is 86.6 Å². The average Bonchev–Trinajstić information content (AvgIpc) is 3.37. The van der Waals surface area contributed by atoms with Gasteiger partial charge in [0.1, 0.15) is 17.3 Å². The van der Waals surface area contributed by atoms with E-state index in [9.17, 15) is 9.59 Å². The first-order chi connectivity index (χ1) is 17.0. The molecular formula is C27H24BrN3O4. The number of carbonyl (C=O) groups excluding carboxylic acids is 1. The summed E-state index contributed by atoms with van der Waals surface area (Å²) in [6.07, 6.45) is 6.92. The van der Waals surface area contributed by atoms with E-state index in [0.29, 0.717) is 39.4 Å². The Labute approximate surface area is 210 Å². The van der Waals surface area contributed by atoms with Crippen LogP contribution in [0.4, 0.5) is 0 Å². The zero-order valence-corrected chi connectivity index (χ0v) is 20.8. The number of furan rings is 1. The molecule has 0 radical (unpaired) electrons. The highest BCUT2D eigenvalue weighted by atomic mass is 79.9. The average molecular weight is 534 g/mol. The van der Waals surface area contributed by atoms with Crippen molar-refractivity contribution >= 4 is 39.0 Å². The Bertz CT molecular complexity index is 1480. The first-order valence-electron chi connectivity index (χ1n) is 11.6. The first kappa shape index (κ1) is 23.2. The van der Waals surface area contributed by atoms with Crippen molar-refractivity contribution < 1.29 is 13.9 Å². The van der Waals surface area contributed by atoms with Gasteiger partial charge in [0, 0.05) is 16.0 Å². The van der Waals surface area contributed by atoms with E-state index >= 15 is 0 Å². The van der Waals surface area contributed by atoms with Crippen molar-refractivity contribution in [2.24, 2.45) is 5.10 Å². The molecule has 0 atom stereocenters. The minimum atomic E-state index is -0.440. The van der Waals surface area contributed by atoms with Crippen LogP contribution < -0.4 is 5.56 Å². The van der Waals surface area contributed by atoms with E-state index in [1.54, 1.807) is 36.4 Å². The van der Waals surface area contributed by atoms with Crippen LogP contribution in [0.25, 0.3) is 22.2 Å².